The van der Waals surface area contributed by atoms with Crippen molar-refractivity contribution >= 4 is 43.2 Å². The number of nitrogens with one attached hydrogen (secondary N) is 1. The van der Waals surface area contributed by atoms with Crippen LogP contribution in [-0.2, 0) is 6.42 Å². The largest absolute Gasteiger partial charge is 0.310 e. The molecular weight excluding hydrogens is 398 g/mol. The Balaban J connectivity index is 2.22. The van der Waals surface area contributed by atoms with Crippen molar-refractivity contribution in [2.75, 3.05) is 6.54 Å². The fourth-order valence-electron chi connectivity index (χ4n) is 2.11. The molecule has 0 amide bonds. The van der Waals surface area contributed by atoms with E-state index in [9.17, 15) is 0 Å². The van der Waals surface area contributed by atoms with Crippen molar-refractivity contribution in [3.05, 3.63) is 54.6 Å². The van der Waals surface area contributed by atoms with Crippen LogP contribution >= 0.6 is 43.2 Å². The summed E-state index contributed by atoms with van der Waals surface area (Å²) < 4.78 is 2.40. The first-order valence-electron chi connectivity index (χ1n) is 6.83. The average Bonchev–Trinajstić information content (AvgIpc) is 2.83. The zero-order valence-corrected chi connectivity index (χ0v) is 15.7. The first-order valence-corrected chi connectivity index (χ1v) is 9.29. The highest BCUT2D eigenvalue weighted by Crippen LogP contribution is 2.30. The average molecular weight is 417 g/mol. The van der Waals surface area contributed by atoms with Crippen LogP contribution in [0.1, 0.15) is 35.4 Å². The van der Waals surface area contributed by atoms with E-state index in [2.05, 4.69) is 80.7 Å². The van der Waals surface area contributed by atoms with Crippen molar-refractivity contribution < 1.29 is 0 Å². The van der Waals surface area contributed by atoms with Gasteiger partial charge in [-0.3, -0.25) is 0 Å². The number of hydrogen-bond donors (Lipinski definition) is 1. The summed E-state index contributed by atoms with van der Waals surface area (Å²) in [6.07, 6.45) is 2.17. The zero-order chi connectivity index (χ0) is 14.5. The number of aryl methyl sites for hydroxylation is 1. The van der Waals surface area contributed by atoms with Gasteiger partial charge >= 0.3 is 0 Å². The number of hydrogen-bond acceptors (Lipinski definition) is 2. The van der Waals surface area contributed by atoms with E-state index in [-0.39, 0.29) is 0 Å². The lowest BCUT2D eigenvalue weighted by Gasteiger charge is -2.19. The second kappa shape index (κ2) is 7.74. The molecule has 20 heavy (non-hydrogen) atoms. The molecule has 1 unspecified atom stereocenters. The molecule has 0 aliphatic heterocycles. The van der Waals surface area contributed by atoms with E-state index in [4.69, 9.17) is 0 Å². The Kier molecular flexibility index (Phi) is 6.27. The molecule has 0 spiro atoms. The SMILES string of the molecule is CCCNC(Cc1sccc1Br)c1ccc(C)c(Br)c1. The third kappa shape index (κ3) is 4.17. The summed E-state index contributed by atoms with van der Waals surface area (Å²) in [5, 5.41) is 5.80. The minimum Gasteiger partial charge on any atom is -0.310 e. The predicted octanol–water partition coefficient (Wildman–Crippen LogP) is 5.86. The van der Waals surface area contributed by atoms with Crippen LogP contribution in [0, 0.1) is 6.92 Å². The molecule has 0 radical (unpaired) electrons. The molecule has 2 aromatic rings. The van der Waals surface area contributed by atoms with Gasteiger partial charge in [0.05, 0.1) is 0 Å². The fourth-order valence-corrected chi connectivity index (χ4v) is 4.07. The normalized spacial score (nSPS) is 12.6. The van der Waals surface area contributed by atoms with Crippen LogP contribution < -0.4 is 5.32 Å². The maximum atomic E-state index is 3.66. The smallest absolute Gasteiger partial charge is 0.0369 e. The van der Waals surface area contributed by atoms with Gasteiger partial charge in [-0.25, -0.2) is 0 Å². The zero-order valence-electron chi connectivity index (χ0n) is 11.7. The fraction of sp³-hybridized carbons (Fsp3) is 0.375. The molecule has 0 saturated carbocycles. The van der Waals surface area contributed by atoms with Crippen molar-refractivity contribution in [3.63, 3.8) is 0 Å². The highest BCUT2D eigenvalue weighted by Gasteiger charge is 2.15. The van der Waals surface area contributed by atoms with E-state index in [1.807, 2.05) is 11.3 Å². The van der Waals surface area contributed by atoms with Crippen LogP contribution in [0.15, 0.2) is 38.6 Å². The van der Waals surface area contributed by atoms with Gasteiger partial charge in [-0.05, 0) is 64.5 Å². The molecule has 0 bridgehead atoms. The molecule has 0 aliphatic carbocycles. The Morgan fingerprint density at radius 2 is 2.00 bits per heavy atom. The summed E-state index contributed by atoms with van der Waals surface area (Å²) in [7, 11) is 0. The molecular formula is C16H19Br2NS. The summed E-state index contributed by atoms with van der Waals surface area (Å²) in [5.74, 6) is 0. The highest BCUT2D eigenvalue weighted by molar-refractivity contribution is 9.10. The quantitative estimate of drug-likeness (QED) is 0.621. The molecule has 0 fully saturated rings. The van der Waals surface area contributed by atoms with E-state index in [0.29, 0.717) is 6.04 Å². The van der Waals surface area contributed by atoms with Crippen LogP contribution in [0.25, 0.3) is 0 Å². The maximum Gasteiger partial charge on any atom is 0.0369 e. The second-order valence-corrected chi connectivity index (χ2v) is 7.62. The van der Waals surface area contributed by atoms with Gasteiger partial charge in [0.1, 0.15) is 0 Å². The van der Waals surface area contributed by atoms with Crippen molar-refractivity contribution in [2.24, 2.45) is 0 Å². The molecule has 2 rings (SSSR count). The van der Waals surface area contributed by atoms with E-state index < -0.39 is 0 Å². The lowest BCUT2D eigenvalue weighted by Crippen LogP contribution is -2.24. The molecule has 0 saturated heterocycles. The molecule has 1 aromatic carbocycles. The summed E-state index contributed by atoms with van der Waals surface area (Å²) in [6.45, 7) is 5.37. The summed E-state index contributed by atoms with van der Waals surface area (Å²) in [5.41, 5.74) is 2.62. The number of halogens is 2. The monoisotopic (exact) mass is 415 g/mol. The Morgan fingerprint density at radius 1 is 1.20 bits per heavy atom. The molecule has 1 aromatic heterocycles. The van der Waals surface area contributed by atoms with Gasteiger partial charge in [0.25, 0.3) is 0 Å². The Bertz CT molecular complexity index is 565. The van der Waals surface area contributed by atoms with Crippen LogP contribution in [0.5, 0.6) is 0 Å². The topological polar surface area (TPSA) is 12.0 Å². The highest BCUT2D eigenvalue weighted by atomic mass is 79.9. The van der Waals surface area contributed by atoms with Crippen LogP contribution in [0.2, 0.25) is 0 Å². The van der Waals surface area contributed by atoms with E-state index in [1.54, 1.807) is 0 Å². The first-order chi connectivity index (χ1) is 9.61. The van der Waals surface area contributed by atoms with Gasteiger partial charge in [-0.15, -0.1) is 11.3 Å². The van der Waals surface area contributed by atoms with Gasteiger partial charge in [0.2, 0.25) is 0 Å². The Morgan fingerprint density at radius 3 is 2.60 bits per heavy atom. The molecule has 108 valence electrons. The standard InChI is InChI=1S/C16H19Br2NS/c1-3-7-19-15(10-16-13(17)6-8-20-16)12-5-4-11(2)14(18)9-12/h4-6,8-9,15,19H,3,7,10H2,1-2H3. The molecule has 1 atom stereocenters. The first kappa shape index (κ1) is 16.2. The lowest BCUT2D eigenvalue weighted by molar-refractivity contribution is 0.531. The van der Waals surface area contributed by atoms with E-state index in [0.717, 1.165) is 19.4 Å². The van der Waals surface area contributed by atoms with Gasteiger partial charge < -0.3 is 5.32 Å². The van der Waals surface area contributed by atoms with Crippen molar-refractivity contribution in [1.82, 2.24) is 5.32 Å². The minimum atomic E-state index is 0.363. The van der Waals surface area contributed by atoms with E-state index >= 15 is 0 Å². The van der Waals surface area contributed by atoms with Gasteiger partial charge in [-0.2, -0.15) is 0 Å². The molecule has 1 heterocycles. The van der Waals surface area contributed by atoms with Gasteiger partial charge in [0, 0.05) is 26.3 Å². The summed E-state index contributed by atoms with van der Waals surface area (Å²) in [4.78, 5) is 1.40. The number of benzene rings is 1. The number of thiophene rings is 1. The summed E-state index contributed by atoms with van der Waals surface area (Å²) >= 11 is 9.09. The summed E-state index contributed by atoms with van der Waals surface area (Å²) in [6, 6.07) is 9.15. The molecule has 1 nitrogen and oxygen atoms in total. The lowest BCUT2D eigenvalue weighted by atomic mass is 10.0. The molecule has 4 heteroatoms. The van der Waals surface area contributed by atoms with E-state index in [1.165, 1.54) is 24.9 Å². The Labute approximate surface area is 142 Å². The third-order valence-electron chi connectivity index (χ3n) is 3.32. The Hall–Kier alpha value is -0.160. The van der Waals surface area contributed by atoms with Crippen LogP contribution in [0.3, 0.4) is 0 Å². The third-order valence-corrected chi connectivity index (χ3v) is 6.12. The van der Waals surface area contributed by atoms with Crippen molar-refractivity contribution in [2.45, 2.75) is 32.7 Å². The van der Waals surface area contributed by atoms with Gasteiger partial charge in [0.15, 0.2) is 0 Å². The second-order valence-electron chi connectivity index (χ2n) is 4.91. The van der Waals surface area contributed by atoms with Crippen LogP contribution in [0.4, 0.5) is 0 Å². The molecule has 0 aliphatic rings. The number of rotatable bonds is 6. The predicted molar refractivity (Wildman–Crippen MR) is 95.6 cm³/mol. The maximum absolute atomic E-state index is 3.66. The van der Waals surface area contributed by atoms with Crippen molar-refractivity contribution in [3.8, 4) is 0 Å². The minimum absolute atomic E-state index is 0.363. The van der Waals surface area contributed by atoms with Crippen molar-refractivity contribution in [1.29, 1.82) is 0 Å². The molecule has 1 N–H and O–H groups in total. The van der Waals surface area contributed by atoms with Gasteiger partial charge in [-0.1, -0.05) is 35.0 Å². The van der Waals surface area contributed by atoms with Crippen LogP contribution in [-0.4, -0.2) is 6.54 Å².